The molecule has 150 valence electrons. The van der Waals surface area contributed by atoms with Gasteiger partial charge in [0.05, 0.1) is 7.11 Å². The predicted molar refractivity (Wildman–Crippen MR) is 102 cm³/mol. The number of amides is 2. The van der Waals surface area contributed by atoms with E-state index in [0.29, 0.717) is 0 Å². The van der Waals surface area contributed by atoms with Gasteiger partial charge in [-0.1, -0.05) is 30.3 Å². The maximum atomic E-state index is 13.1. The van der Waals surface area contributed by atoms with Gasteiger partial charge in [0.1, 0.15) is 23.6 Å². The molecule has 2 aliphatic heterocycles. The molecule has 2 fully saturated rings. The summed E-state index contributed by atoms with van der Waals surface area (Å²) in [5, 5.41) is 11.4. The zero-order valence-corrected chi connectivity index (χ0v) is 16.2. The van der Waals surface area contributed by atoms with Crippen molar-refractivity contribution in [2.75, 3.05) is 14.2 Å². The largest absolute Gasteiger partial charge is 0.508 e. The van der Waals surface area contributed by atoms with Crippen LogP contribution < -0.4 is 5.32 Å². The number of imide groups is 1. The van der Waals surface area contributed by atoms with Gasteiger partial charge in [0.15, 0.2) is 0 Å². The molecule has 3 N–H and O–H groups in total. The van der Waals surface area contributed by atoms with Crippen molar-refractivity contribution in [3.8, 4) is 5.75 Å². The molecular formula is C22H23N2O5+. The number of methoxy groups -OCH3 is 1. The Labute approximate surface area is 168 Å². The minimum atomic E-state index is -1.25. The molecule has 4 atom stereocenters. The van der Waals surface area contributed by atoms with Crippen LogP contribution in [0.5, 0.6) is 5.75 Å². The molecule has 0 saturated carbocycles. The van der Waals surface area contributed by atoms with Gasteiger partial charge in [-0.05, 0) is 29.8 Å². The molecule has 0 aliphatic carbocycles. The van der Waals surface area contributed by atoms with Crippen LogP contribution in [0, 0.1) is 11.8 Å². The lowest BCUT2D eigenvalue weighted by molar-refractivity contribution is -0.734. The van der Waals surface area contributed by atoms with Gasteiger partial charge in [-0.25, -0.2) is 4.79 Å². The van der Waals surface area contributed by atoms with Crippen molar-refractivity contribution in [2.45, 2.75) is 18.0 Å². The summed E-state index contributed by atoms with van der Waals surface area (Å²) in [5.41, 5.74) is 0.406. The van der Waals surface area contributed by atoms with Gasteiger partial charge in [-0.2, -0.15) is 0 Å². The van der Waals surface area contributed by atoms with Crippen LogP contribution in [0.1, 0.15) is 17.2 Å². The van der Waals surface area contributed by atoms with Gasteiger partial charge in [-0.3, -0.25) is 14.5 Å². The molecule has 29 heavy (non-hydrogen) atoms. The fourth-order valence-corrected chi connectivity index (χ4v) is 4.83. The minimum Gasteiger partial charge on any atom is -0.508 e. The van der Waals surface area contributed by atoms with Gasteiger partial charge >= 0.3 is 5.97 Å². The highest BCUT2D eigenvalue weighted by atomic mass is 16.5. The van der Waals surface area contributed by atoms with Gasteiger partial charge in [0.2, 0.25) is 17.4 Å². The van der Waals surface area contributed by atoms with Gasteiger partial charge in [0.25, 0.3) is 0 Å². The first-order valence-corrected chi connectivity index (χ1v) is 9.48. The number of rotatable bonds is 4. The van der Waals surface area contributed by atoms with E-state index in [-0.39, 0.29) is 24.0 Å². The normalized spacial score (nSPS) is 28.5. The molecule has 7 heteroatoms. The number of ether oxygens (including phenoxy) is 1. The van der Waals surface area contributed by atoms with E-state index in [0.717, 1.165) is 16.0 Å². The molecule has 4 rings (SSSR count). The SMILES string of the molecule is COC(=O)[C@]1(Cc2ccccc2)[NH2+][C@H](c2ccc(O)cc2)[C@@H]2C(=O)N(C)C(=O)[C@H]21. The van der Waals surface area contributed by atoms with Crippen molar-refractivity contribution in [1.29, 1.82) is 0 Å². The molecule has 7 nitrogen and oxygen atoms in total. The Morgan fingerprint density at radius 3 is 2.38 bits per heavy atom. The summed E-state index contributed by atoms with van der Waals surface area (Å²) in [4.78, 5) is 40.3. The fraction of sp³-hybridized carbons (Fsp3) is 0.318. The van der Waals surface area contributed by atoms with Crippen LogP contribution in [0.25, 0.3) is 0 Å². The monoisotopic (exact) mass is 395 g/mol. The van der Waals surface area contributed by atoms with Crippen LogP contribution in [-0.4, -0.2) is 47.5 Å². The Bertz CT molecular complexity index is 959. The fourth-order valence-electron chi connectivity index (χ4n) is 4.83. The molecule has 0 unspecified atom stereocenters. The van der Waals surface area contributed by atoms with Gasteiger partial charge in [0, 0.05) is 19.0 Å². The molecule has 2 aromatic carbocycles. The zero-order chi connectivity index (χ0) is 20.8. The Kier molecular flexibility index (Phi) is 4.62. The van der Waals surface area contributed by atoms with E-state index in [9.17, 15) is 19.5 Å². The van der Waals surface area contributed by atoms with Crippen molar-refractivity contribution in [3.05, 3.63) is 65.7 Å². The molecular weight excluding hydrogens is 372 g/mol. The Morgan fingerprint density at radius 2 is 1.76 bits per heavy atom. The zero-order valence-electron chi connectivity index (χ0n) is 16.2. The van der Waals surface area contributed by atoms with Crippen LogP contribution in [0.4, 0.5) is 0 Å². The van der Waals surface area contributed by atoms with Crippen LogP contribution >= 0.6 is 0 Å². The second kappa shape index (κ2) is 7.00. The highest BCUT2D eigenvalue weighted by molar-refractivity contribution is 6.08. The first-order valence-electron chi connectivity index (χ1n) is 9.48. The number of likely N-dealkylation sites (tertiary alicyclic amines) is 1. The molecule has 2 heterocycles. The van der Waals surface area contributed by atoms with Crippen LogP contribution in [0.3, 0.4) is 0 Å². The van der Waals surface area contributed by atoms with Crippen molar-refractivity contribution in [1.82, 2.24) is 4.90 Å². The van der Waals surface area contributed by atoms with Gasteiger partial charge < -0.3 is 15.2 Å². The number of aromatic hydroxyl groups is 1. The van der Waals surface area contributed by atoms with Crippen LogP contribution in [0.2, 0.25) is 0 Å². The molecule has 2 aliphatic rings. The molecule has 0 spiro atoms. The van der Waals surface area contributed by atoms with E-state index in [1.54, 1.807) is 24.3 Å². The molecule has 2 amide bonds. The number of nitrogens with two attached hydrogens (primary N) is 1. The number of hydrogen-bond donors (Lipinski definition) is 2. The number of carbonyl (C=O) groups is 3. The van der Waals surface area contributed by atoms with E-state index in [1.165, 1.54) is 14.2 Å². The molecule has 0 bridgehead atoms. The second-order valence-corrected chi connectivity index (χ2v) is 7.72. The number of esters is 1. The average molecular weight is 395 g/mol. The number of quaternary nitrogens is 1. The smallest absolute Gasteiger partial charge is 0.369 e. The third-order valence-electron chi connectivity index (χ3n) is 6.17. The highest BCUT2D eigenvalue weighted by Crippen LogP contribution is 2.45. The van der Waals surface area contributed by atoms with Crippen LogP contribution in [0.15, 0.2) is 54.6 Å². The van der Waals surface area contributed by atoms with Crippen LogP contribution in [-0.2, 0) is 25.5 Å². The number of phenols is 1. The third-order valence-corrected chi connectivity index (χ3v) is 6.17. The topological polar surface area (TPSA) is 101 Å². The van der Waals surface area contributed by atoms with Crippen molar-refractivity contribution >= 4 is 17.8 Å². The quantitative estimate of drug-likeness (QED) is 0.576. The summed E-state index contributed by atoms with van der Waals surface area (Å²) in [6, 6.07) is 15.5. The third kappa shape index (κ3) is 2.89. The summed E-state index contributed by atoms with van der Waals surface area (Å²) in [6.45, 7) is 0. The molecule has 0 aromatic heterocycles. The Morgan fingerprint density at radius 1 is 1.10 bits per heavy atom. The molecule has 2 aromatic rings. The van der Waals surface area contributed by atoms with E-state index in [4.69, 9.17) is 4.74 Å². The van der Waals surface area contributed by atoms with E-state index in [1.807, 2.05) is 35.6 Å². The first-order chi connectivity index (χ1) is 13.9. The number of fused-ring (bicyclic) bond motifs is 1. The number of nitrogens with zero attached hydrogens (tertiary/aromatic N) is 1. The summed E-state index contributed by atoms with van der Waals surface area (Å²) in [7, 11) is 2.76. The first kappa shape index (κ1) is 19.1. The average Bonchev–Trinajstić information content (AvgIpc) is 3.19. The Balaban J connectivity index is 1.85. The summed E-state index contributed by atoms with van der Waals surface area (Å²) in [5.74, 6) is -2.58. The summed E-state index contributed by atoms with van der Waals surface area (Å²) < 4.78 is 5.15. The maximum Gasteiger partial charge on any atom is 0.369 e. The maximum absolute atomic E-state index is 13.1. The standard InChI is InChI=1S/C22H22N2O5/c1-24-19(26)16-17(20(24)27)22(21(28)29-2,12-13-6-4-3-5-7-13)23-18(16)14-8-10-15(25)11-9-14/h3-11,16-18,23,25H,12H2,1-2H3/p+1/t16-,17+,18-,22-/m1/s1. The van der Waals surface area contributed by atoms with Crippen molar-refractivity contribution in [3.63, 3.8) is 0 Å². The molecule has 2 saturated heterocycles. The Hall–Kier alpha value is -3.19. The van der Waals surface area contributed by atoms with E-state index < -0.39 is 29.4 Å². The highest BCUT2D eigenvalue weighted by Gasteiger charge is 2.71. The summed E-state index contributed by atoms with van der Waals surface area (Å²) >= 11 is 0. The van der Waals surface area contributed by atoms with E-state index >= 15 is 0 Å². The van der Waals surface area contributed by atoms with Gasteiger partial charge in [-0.15, -0.1) is 0 Å². The lowest BCUT2D eigenvalue weighted by Gasteiger charge is -2.29. The number of hydrogen-bond acceptors (Lipinski definition) is 5. The van der Waals surface area contributed by atoms with E-state index in [2.05, 4.69) is 0 Å². The van der Waals surface area contributed by atoms with Crippen molar-refractivity contribution < 1.29 is 29.5 Å². The predicted octanol–water partition coefficient (Wildman–Crippen LogP) is 0.396. The minimum absolute atomic E-state index is 0.109. The number of carbonyl (C=O) groups excluding carboxylic acids is 3. The lowest BCUT2D eigenvalue weighted by atomic mass is 9.76. The number of phenolic OH excluding ortho intramolecular Hbond substituents is 1. The van der Waals surface area contributed by atoms with Crippen molar-refractivity contribution in [2.24, 2.45) is 11.8 Å². The summed E-state index contributed by atoms with van der Waals surface area (Å²) in [6.07, 6.45) is 0.267. The second-order valence-electron chi connectivity index (χ2n) is 7.72. The lowest BCUT2D eigenvalue weighted by Crippen LogP contribution is -2.98. The number of benzene rings is 2. The molecule has 0 radical (unpaired) electrons.